The third kappa shape index (κ3) is 5.24. The van der Waals surface area contributed by atoms with Crippen LogP contribution in [0.3, 0.4) is 0 Å². The Bertz CT molecular complexity index is 410. The summed E-state index contributed by atoms with van der Waals surface area (Å²) in [7, 11) is 1.69. The summed E-state index contributed by atoms with van der Waals surface area (Å²) in [6.07, 6.45) is 2.07. The fraction of sp³-hybridized carbons (Fsp3) is 0.647. The van der Waals surface area contributed by atoms with Crippen molar-refractivity contribution in [3.8, 4) is 11.5 Å². The standard InChI is InChI=1S/C17H27ClO2/c1-13(8-10-18)9-11-20-16-7-6-14(19-5)12-15(16)17(2,3)4/h6-7,12-13H,8-11H2,1-5H3. The molecule has 1 atom stereocenters. The van der Waals surface area contributed by atoms with Crippen molar-refractivity contribution in [2.24, 2.45) is 5.92 Å². The summed E-state index contributed by atoms with van der Waals surface area (Å²) in [6.45, 7) is 9.50. The molecule has 0 aliphatic rings. The maximum Gasteiger partial charge on any atom is 0.123 e. The number of benzene rings is 1. The molecule has 0 aliphatic heterocycles. The van der Waals surface area contributed by atoms with Gasteiger partial charge in [0.05, 0.1) is 13.7 Å². The molecule has 0 amide bonds. The number of rotatable bonds is 7. The van der Waals surface area contributed by atoms with E-state index in [0.29, 0.717) is 5.92 Å². The molecule has 2 nitrogen and oxygen atoms in total. The van der Waals surface area contributed by atoms with Crippen LogP contribution >= 0.6 is 11.6 Å². The number of alkyl halides is 1. The lowest BCUT2D eigenvalue weighted by molar-refractivity contribution is 0.275. The Labute approximate surface area is 128 Å². The summed E-state index contributed by atoms with van der Waals surface area (Å²) >= 11 is 5.76. The minimum absolute atomic E-state index is 0.0334. The Hall–Kier alpha value is -0.890. The van der Waals surface area contributed by atoms with Crippen molar-refractivity contribution in [3.05, 3.63) is 23.8 Å². The van der Waals surface area contributed by atoms with Crippen LogP contribution in [-0.2, 0) is 5.41 Å². The van der Waals surface area contributed by atoms with E-state index in [1.165, 1.54) is 5.56 Å². The van der Waals surface area contributed by atoms with Crippen molar-refractivity contribution >= 4 is 11.6 Å². The molecule has 0 spiro atoms. The average molecular weight is 299 g/mol. The highest BCUT2D eigenvalue weighted by atomic mass is 35.5. The van der Waals surface area contributed by atoms with Gasteiger partial charge in [-0.25, -0.2) is 0 Å². The molecule has 0 aliphatic carbocycles. The fourth-order valence-corrected chi connectivity index (χ4v) is 2.42. The van der Waals surface area contributed by atoms with E-state index in [1.54, 1.807) is 7.11 Å². The third-order valence-electron chi connectivity index (χ3n) is 3.46. The molecule has 0 N–H and O–H groups in total. The molecule has 20 heavy (non-hydrogen) atoms. The van der Waals surface area contributed by atoms with Gasteiger partial charge in [-0.15, -0.1) is 11.6 Å². The first kappa shape index (κ1) is 17.2. The zero-order chi connectivity index (χ0) is 15.2. The lowest BCUT2D eigenvalue weighted by atomic mass is 9.86. The number of halogens is 1. The molecule has 0 heterocycles. The second-order valence-electron chi connectivity index (χ2n) is 6.33. The Balaban J connectivity index is 2.74. The Morgan fingerprint density at radius 3 is 2.45 bits per heavy atom. The highest BCUT2D eigenvalue weighted by molar-refractivity contribution is 6.17. The highest BCUT2D eigenvalue weighted by Gasteiger charge is 2.20. The smallest absolute Gasteiger partial charge is 0.123 e. The van der Waals surface area contributed by atoms with Gasteiger partial charge in [0.25, 0.3) is 0 Å². The molecule has 1 aromatic rings. The van der Waals surface area contributed by atoms with Gasteiger partial charge < -0.3 is 9.47 Å². The first-order valence-electron chi connectivity index (χ1n) is 7.25. The summed E-state index contributed by atoms with van der Waals surface area (Å²) in [5.74, 6) is 3.15. The topological polar surface area (TPSA) is 18.5 Å². The summed E-state index contributed by atoms with van der Waals surface area (Å²) in [5, 5.41) is 0. The molecule has 1 rings (SSSR count). The third-order valence-corrected chi connectivity index (χ3v) is 3.68. The van der Waals surface area contributed by atoms with E-state index < -0.39 is 0 Å². The zero-order valence-corrected chi connectivity index (χ0v) is 14.1. The second kappa shape index (κ2) is 7.78. The lowest BCUT2D eigenvalue weighted by Crippen LogP contribution is -2.14. The normalized spacial score (nSPS) is 13.1. The number of methoxy groups -OCH3 is 1. The van der Waals surface area contributed by atoms with Gasteiger partial charge in [-0.1, -0.05) is 27.7 Å². The van der Waals surface area contributed by atoms with Gasteiger partial charge in [0, 0.05) is 11.4 Å². The molecule has 0 saturated carbocycles. The van der Waals surface area contributed by atoms with Crippen molar-refractivity contribution in [3.63, 3.8) is 0 Å². The van der Waals surface area contributed by atoms with Gasteiger partial charge >= 0.3 is 0 Å². The van der Waals surface area contributed by atoms with Crippen LogP contribution in [0.25, 0.3) is 0 Å². The van der Waals surface area contributed by atoms with Crippen LogP contribution in [0.15, 0.2) is 18.2 Å². The average Bonchev–Trinajstić information content (AvgIpc) is 2.38. The molecule has 1 unspecified atom stereocenters. The van der Waals surface area contributed by atoms with E-state index in [2.05, 4.69) is 33.8 Å². The molecule has 0 bridgehead atoms. The summed E-state index contributed by atoms with van der Waals surface area (Å²) in [5.41, 5.74) is 1.22. The molecule has 0 saturated heterocycles. The number of hydrogen-bond donors (Lipinski definition) is 0. The SMILES string of the molecule is COc1ccc(OCCC(C)CCCl)c(C(C)(C)C)c1. The van der Waals surface area contributed by atoms with Crippen molar-refractivity contribution in [1.82, 2.24) is 0 Å². The summed E-state index contributed by atoms with van der Waals surface area (Å²) in [6, 6.07) is 6.02. The van der Waals surface area contributed by atoms with Crippen LogP contribution in [0.4, 0.5) is 0 Å². The minimum atomic E-state index is 0.0334. The largest absolute Gasteiger partial charge is 0.497 e. The van der Waals surface area contributed by atoms with Gasteiger partial charge in [-0.2, -0.15) is 0 Å². The molecular weight excluding hydrogens is 272 g/mol. The number of hydrogen-bond acceptors (Lipinski definition) is 2. The van der Waals surface area contributed by atoms with Crippen molar-refractivity contribution in [2.45, 2.75) is 46.0 Å². The van der Waals surface area contributed by atoms with Crippen molar-refractivity contribution in [1.29, 1.82) is 0 Å². The Morgan fingerprint density at radius 1 is 1.20 bits per heavy atom. The predicted octanol–water partition coefficient (Wildman–Crippen LogP) is 5.03. The van der Waals surface area contributed by atoms with E-state index in [0.717, 1.165) is 36.8 Å². The van der Waals surface area contributed by atoms with Crippen LogP contribution < -0.4 is 9.47 Å². The molecular formula is C17H27ClO2. The van der Waals surface area contributed by atoms with E-state index in [-0.39, 0.29) is 5.41 Å². The summed E-state index contributed by atoms with van der Waals surface area (Å²) < 4.78 is 11.3. The first-order chi connectivity index (χ1) is 9.38. The monoisotopic (exact) mass is 298 g/mol. The Kier molecular flexibility index (Phi) is 6.67. The van der Waals surface area contributed by atoms with Gasteiger partial charge in [0.1, 0.15) is 11.5 Å². The van der Waals surface area contributed by atoms with Gasteiger partial charge in [-0.3, -0.25) is 0 Å². The van der Waals surface area contributed by atoms with Gasteiger partial charge in [-0.05, 0) is 42.4 Å². The fourth-order valence-electron chi connectivity index (χ4n) is 2.05. The molecule has 1 aromatic carbocycles. The van der Waals surface area contributed by atoms with Crippen molar-refractivity contribution in [2.75, 3.05) is 19.6 Å². The van der Waals surface area contributed by atoms with E-state index in [1.807, 2.05) is 12.1 Å². The minimum Gasteiger partial charge on any atom is -0.497 e. The molecule has 0 aromatic heterocycles. The van der Waals surface area contributed by atoms with E-state index >= 15 is 0 Å². The predicted molar refractivity (Wildman–Crippen MR) is 86.3 cm³/mol. The lowest BCUT2D eigenvalue weighted by Gasteiger charge is -2.24. The van der Waals surface area contributed by atoms with E-state index in [4.69, 9.17) is 21.1 Å². The molecule has 0 fully saturated rings. The highest BCUT2D eigenvalue weighted by Crippen LogP contribution is 2.34. The van der Waals surface area contributed by atoms with Crippen LogP contribution in [0.5, 0.6) is 11.5 Å². The van der Waals surface area contributed by atoms with Crippen molar-refractivity contribution < 1.29 is 9.47 Å². The van der Waals surface area contributed by atoms with Crippen LogP contribution in [0.1, 0.15) is 46.1 Å². The van der Waals surface area contributed by atoms with Crippen LogP contribution in [0, 0.1) is 5.92 Å². The zero-order valence-electron chi connectivity index (χ0n) is 13.3. The Morgan fingerprint density at radius 2 is 1.90 bits per heavy atom. The van der Waals surface area contributed by atoms with E-state index in [9.17, 15) is 0 Å². The molecule has 0 radical (unpaired) electrons. The van der Waals surface area contributed by atoms with Gasteiger partial charge in [0.15, 0.2) is 0 Å². The number of ether oxygens (including phenoxy) is 2. The molecule has 3 heteroatoms. The maximum absolute atomic E-state index is 5.98. The quantitative estimate of drug-likeness (QED) is 0.658. The summed E-state index contributed by atoms with van der Waals surface area (Å²) in [4.78, 5) is 0. The van der Waals surface area contributed by atoms with Crippen LogP contribution in [-0.4, -0.2) is 19.6 Å². The van der Waals surface area contributed by atoms with Crippen LogP contribution in [0.2, 0.25) is 0 Å². The van der Waals surface area contributed by atoms with Gasteiger partial charge in [0.2, 0.25) is 0 Å². The maximum atomic E-state index is 5.98. The first-order valence-corrected chi connectivity index (χ1v) is 7.79. The second-order valence-corrected chi connectivity index (χ2v) is 6.71. The molecule has 114 valence electrons.